The number of pyridine rings is 1. The zero-order valence-corrected chi connectivity index (χ0v) is 15.1. The SMILES string of the molecule is CC(=O)N1CCN(Cc2cc(F)cc(NC(=O)Nc3cccnc3)c2)CC1. The molecule has 7 nitrogen and oxygen atoms in total. The number of halogens is 1. The lowest BCUT2D eigenvalue weighted by molar-refractivity contribution is -0.130. The largest absolute Gasteiger partial charge is 0.340 e. The van der Waals surface area contributed by atoms with Gasteiger partial charge in [-0.1, -0.05) is 0 Å². The first-order valence-electron chi connectivity index (χ1n) is 8.75. The van der Waals surface area contributed by atoms with E-state index in [0.717, 1.165) is 18.7 Å². The number of carbonyl (C=O) groups is 2. The van der Waals surface area contributed by atoms with E-state index in [1.807, 2.05) is 0 Å². The molecule has 0 aliphatic carbocycles. The molecule has 1 saturated heterocycles. The summed E-state index contributed by atoms with van der Waals surface area (Å²) in [6.07, 6.45) is 3.13. The molecule has 142 valence electrons. The molecule has 1 fully saturated rings. The highest BCUT2D eigenvalue weighted by molar-refractivity contribution is 5.99. The van der Waals surface area contributed by atoms with Gasteiger partial charge in [-0.25, -0.2) is 9.18 Å². The first-order chi connectivity index (χ1) is 13.0. The summed E-state index contributed by atoms with van der Waals surface area (Å²) in [6, 6.07) is 7.45. The van der Waals surface area contributed by atoms with Gasteiger partial charge in [-0.15, -0.1) is 0 Å². The standard InChI is InChI=1S/C19H22FN5O2/c1-14(26)25-7-5-24(6-8-25)13-15-9-16(20)11-18(10-15)23-19(27)22-17-3-2-4-21-12-17/h2-4,9-12H,5-8,13H2,1H3,(H2,22,23,27). The van der Waals surface area contributed by atoms with E-state index in [9.17, 15) is 14.0 Å². The second-order valence-electron chi connectivity index (χ2n) is 6.45. The van der Waals surface area contributed by atoms with Gasteiger partial charge in [0.25, 0.3) is 0 Å². The topological polar surface area (TPSA) is 77.6 Å². The fourth-order valence-corrected chi connectivity index (χ4v) is 3.02. The van der Waals surface area contributed by atoms with Crippen LogP contribution in [0.1, 0.15) is 12.5 Å². The first kappa shape index (κ1) is 18.8. The summed E-state index contributed by atoms with van der Waals surface area (Å²) < 4.78 is 14.0. The Kier molecular flexibility index (Phi) is 5.97. The van der Waals surface area contributed by atoms with Crippen molar-refractivity contribution in [2.45, 2.75) is 13.5 Å². The Labute approximate surface area is 157 Å². The van der Waals surface area contributed by atoms with Gasteiger partial charge < -0.3 is 15.5 Å². The predicted molar refractivity (Wildman–Crippen MR) is 101 cm³/mol. The van der Waals surface area contributed by atoms with Gasteiger partial charge in [-0.2, -0.15) is 0 Å². The van der Waals surface area contributed by atoms with Gasteiger partial charge in [0, 0.05) is 51.5 Å². The third-order valence-electron chi connectivity index (χ3n) is 4.36. The molecular formula is C19H22FN5O2. The summed E-state index contributed by atoms with van der Waals surface area (Å²) in [5.41, 5.74) is 1.70. The quantitative estimate of drug-likeness (QED) is 0.866. The minimum absolute atomic E-state index is 0.0755. The number of aromatic nitrogens is 1. The Hall–Kier alpha value is -3.00. The molecule has 0 saturated carbocycles. The van der Waals surface area contributed by atoms with Crippen molar-refractivity contribution in [3.63, 3.8) is 0 Å². The van der Waals surface area contributed by atoms with Crippen molar-refractivity contribution >= 4 is 23.3 Å². The van der Waals surface area contributed by atoms with Gasteiger partial charge >= 0.3 is 6.03 Å². The molecular weight excluding hydrogens is 349 g/mol. The van der Waals surface area contributed by atoms with E-state index in [1.165, 1.54) is 18.3 Å². The van der Waals surface area contributed by atoms with Gasteiger partial charge in [0.15, 0.2) is 0 Å². The number of benzene rings is 1. The average molecular weight is 371 g/mol. The smallest absolute Gasteiger partial charge is 0.323 e. The third kappa shape index (κ3) is 5.49. The molecule has 1 aliphatic rings. The van der Waals surface area contributed by atoms with Crippen LogP contribution in [0, 0.1) is 5.82 Å². The van der Waals surface area contributed by atoms with Crippen LogP contribution < -0.4 is 10.6 Å². The molecule has 0 spiro atoms. The molecule has 3 rings (SSSR count). The Bertz CT molecular complexity index is 807. The highest BCUT2D eigenvalue weighted by atomic mass is 19.1. The maximum atomic E-state index is 14.0. The number of nitrogens with one attached hydrogen (secondary N) is 2. The van der Waals surface area contributed by atoms with Crippen molar-refractivity contribution in [2.24, 2.45) is 0 Å². The molecule has 0 radical (unpaired) electrons. The normalized spacial score (nSPS) is 14.7. The molecule has 0 bridgehead atoms. The van der Waals surface area contributed by atoms with Crippen LogP contribution in [-0.4, -0.2) is 52.9 Å². The lowest BCUT2D eigenvalue weighted by Gasteiger charge is -2.34. The summed E-state index contributed by atoms with van der Waals surface area (Å²) in [7, 11) is 0. The van der Waals surface area contributed by atoms with Crippen molar-refractivity contribution < 1.29 is 14.0 Å². The van der Waals surface area contributed by atoms with Gasteiger partial charge in [0.2, 0.25) is 5.91 Å². The van der Waals surface area contributed by atoms with Crippen LogP contribution in [0.4, 0.5) is 20.6 Å². The minimum atomic E-state index is -0.463. The van der Waals surface area contributed by atoms with Gasteiger partial charge in [0.05, 0.1) is 11.9 Å². The maximum absolute atomic E-state index is 14.0. The number of hydrogen-bond acceptors (Lipinski definition) is 4. The number of carbonyl (C=O) groups excluding carboxylic acids is 2. The lowest BCUT2D eigenvalue weighted by atomic mass is 10.1. The zero-order chi connectivity index (χ0) is 19.2. The Morgan fingerprint density at radius 2 is 1.85 bits per heavy atom. The van der Waals surface area contributed by atoms with Crippen LogP contribution >= 0.6 is 0 Å². The van der Waals surface area contributed by atoms with Crippen LogP contribution in [0.15, 0.2) is 42.7 Å². The van der Waals surface area contributed by atoms with Crippen molar-refractivity contribution in [1.82, 2.24) is 14.8 Å². The Morgan fingerprint density at radius 1 is 1.11 bits per heavy atom. The fourth-order valence-electron chi connectivity index (χ4n) is 3.02. The van der Waals surface area contributed by atoms with Crippen molar-refractivity contribution in [1.29, 1.82) is 0 Å². The van der Waals surface area contributed by atoms with Gasteiger partial charge in [0.1, 0.15) is 5.82 Å². The summed E-state index contributed by atoms with van der Waals surface area (Å²) >= 11 is 0. The molecule has 8 heteroatoms. The summed E-state index contributed by atoms with van der Waals surface area (Å²) in [5, 5.41) is 5.28. The summed E-state index contributed by atoms with van der Waals surface area (Å²) in [6.45, 7) is 4.94. The molecule has 2 heterocycles. The van der Waals surface area contributed by atoms with Crippen molar-refractivity contribution in [3.05, 3.63) is 54.1 Å². The molecule has 0 unspecified atom stereocenters. The average Bonchev–Trinajstić information content (AvgIpc) is 2.62. The van der Waals surface area contributed by atoms with Gasteiger partial charge in [-0.05, 0) is 35.9 Å². The molecule has 2 N–H and O–H groups in total. The second-order valence-corrected chi connectivity index (χ2v) is 6.45. The number of urea groups is 1. The molecule has 0 atom stereocenters. The van der Waals surface area contributed by atoms with E-state index >= 15 is 0 Å². The van der Waals surface area contributed by atoms with Crippen LogP contribution in [0.2, 0.25) is 0 Å². The minimum Gasteiger partial charge on any atom is -0.340 e. The van der Waals surface area contributed by atoms with E-state index in [-0.39, 0.29) is 5.91 Å². The number of nitrogens with zero attached hydrogens (tertiary/aromatic N) is 3. The maximum Gasteiger partial charge on any atom is 0.323 e. The van der Waals surface area contributed by atoms with Crippen LogP contribution in [0.25, 0.3) is 0 Å². The van der Waals surface area contributed by atoms with Crippen LogP contribution in [0.3, 0.4) is 0 Å². The van der Waals surface area contributed by atoms with E-state index < -0.39 is 11.8 Å². The van der Waals surface area contributed by atoms with E-state index in [4.69, 9.17) is 0 Å². The van der Waals surface area contributed by atoms with Crippen molar-refractivity contribution in [2.75, 3.05) is 36.8 Å². The first-order valence-corrected chi connectivity index (χ1v) is 8.75. The van der Waals surface area contributed by atoms with E-state index in [2.05, 4.69) is 20.5 Å². The highest BCUT2D eigenvalue weighted by Gasteiger charge is 2.19. The Balaban J connectivity index is 1.59. The fraction of sp³-hybridized carbons (Fsp3) is 0.316. The third-order valence-corrected chi connectivity index (χ3v) is 4.36. The van der Waals surface area contributed by atoms with Gasteiger partial charge in [-0.3, -0.25) is 14.7 Å². The molecule has 1 aromatic heterocycles. The van der Waals surface area contributed by atoms with Crippen LogP contribution in [0.5, 0.6) is 0 Å². The van der Waals surface area contributed by atoms with E-state index in [1.54, 1.807) is 36.2 Å². The van der Waals surface area contributed by atoms with Crippen LogP contribution in [-0.2, 0) is 11.3 Å². The molecule has 27 heavy (non-hydrogen) atoms. The second kappa shape index (κ2) is 8.59. The summed E-state index contributed by atoms with van der Waals surface area (Å²) in [5.74, 6) is -0.335. The number of hydrogen-bond donors (Lipinski definition) is 2. The Morgan fingerprint density at radius 3 is 2.52 bits per heavy atom. The predicted octanol–water partition coefficient (Wildman–Crippen LogP) is 2.53. The zero-order valence-electron chi connectivity index (χ0n) is 15.1. The number of rotatable bonds is 4. The molecule has 1 aromatic carbocycles. The monoisotopic (exact) mass is 371 g/mol. The molecule has 3 amide bonds. The molecule has 1 aliphatic heterocycles. The highest BCUT2D eigenvalue weighted by Crippen LogP contribution is 2.17. The number of anilines is 2. The number of amides is 3. The summed E-state index contributed by atoms with van der Waals surface area (Å²) in [4.78, 5) is 31.4. The molecule has 2 aromatic rings. The van der Waals surface area contributed by atoms with Crippen molar-refractivity contribution in [3.8, 4) is 0 Å². The lowest BCUT2D eigenvalue weighted by Crippen LogP contribution is -2.47. The number of piperazine rings is 1. The van der Waals surface area contributed by atoms with E-state index in [0.29, 0.717) is 31.0 Å².